The standard InChI is InChI=1S/C21H31N5OS/c1-6-22-21(23-12-11-19-25-15(4)16(5)28-19)24-13-17-7-9-18(10-8-17)26-20(27)14(2)3/h7-10,14H,6,11-13H2,1-5H3,(H,26,27)(H2,22,23,24). The van der Waals surface area contributed by atoms with Crippen LogP contribution < -0.4 is 16.0 Å². The van der Waals surface area contributed by atoms with Crippen LogP contribution in [0.2, 0.25) is 0 Å². The van der Waals surface area contributed by atoms with E-state index in [1.807, 2.05) is 45.0 Å². The third-order valence-electron chi connectivity index (χ3n) is 4.21. The summed E-state index contributed by atoms with van der Waals surface area (Å²) in [5, 5.41) is 10.7. The first-order valence-corrected chi connectivity index (χ1v) is 10.6. The zero-order valence-corrected chi connectivity index (χ0v) is 18.2. The molecule has 0 aliphatic heterocycles. The fourth-order valence-electron chi connectivity index (χ4n) is 2.43. The number of benzene rings is 1. The molecular weight excluding hydrogens is 370 g/mol. The summed E-state index contributed by atoms with van der Waals surface area (Å²) in [6.07, 6.45) is 0.883. The van der Waals surface area contributed by atoms with Crippen molar-refractivity contribution in [2.45, 2.75) is 47.6 Å². The molecule has 0 fully saturated rings. The molecular formula is C21H31N5OS. The third-order valence-corrected chi connectivity index (χ3v) is 5.35. The summed E-state index contributed by atoms with van der Waals surface area (Å²) in [4.78, 5) is 22.3. The lowest BCUT2D eigenvalue weighted by Crippen LogP contribution is -2.38. The molecule has 28 heavy (non-hydrogen) atoms. The van der Waals surface area contributed by atoms with Crippen molar-refractivity contribution in [3.05, 3.63) is 45.4 Å². The van der Waals surface area contributed by atoms with Crippen LogP contribution in [0.5, 0.6) is 0 Å². The molecule has 1 heterocycles. The van der Waals surface area contributed by atoms with Crippen molar-refractivity contribution in [2.24, 2.45) is 10.9 Å². The van der Waals surface area contributed by atoms with Gasteiger partial charge in [-0.05, 0) is 38.5 Å². The Morgan fingerprint density at radius 1 is 1.18 bits per heavy atom. The number of aliphatic imine (C=N–C) groups is 1. The number of nitrogens with zero attached hydrogens (tertiary/aromatic N) is 2. The molecule has 2 aromatic rings. The molecule has 0 saturated carbocycles. The van der Waals surface area contributed by atoms with E-state index in [-0.39, 0.29) is 11.8 Å². The Morgan fingerprint density at radius 3 is 2.46 bits per heavy atom. The molecule has 1 aromatic carbocycles. The molecule has 1 amide bonds. The van der Waals surface area contributed by atoms with Gasteiger partial charge in [-0.1, -0.05) is 26.0 Å². The highest BCUT2D eigenvalue weighted by atomic mass is 32.1. The van der Waals surface area contributed by atoms with Crippen molar-refractivity contribution in [1.29, 1.82) is 0 Å². The molecule has 3 N–H and O–H groups in total. The number of anilines is 1. The van der Waals surface area contributed by atoms with Crippen LogP contribution in [0.15, 0.2) is 29.3 Å². The number of hydrogen-bond acceptors (Lipinski definition) is 4. The number of aromatic nitrogens is 1. The van der Waals surface area contributed by atoms with E-state index in [9.17, 15) is 4.79 Å². The Balaban J connectivity index is 1.87. The fourth-order valence-corrected chi connectivity index (χ4v) is 3.36. The number of amides is 1. The predicted molar refractivity (Wildman–Crippen MR) is 118 cm³/mol. The first kappa shape index (κ1) is 21.9. The first-order chi connectivity index (χ1) is 13.4. The summed E-state index contributed by atoms with van der Waals surface area (Å²) >= 11 is 1.76. The minimum Gasteiger partial charge on any atom is -0.357 e. The van der Waals surface area contributed by atoms with E-state index < -0.39 is 0 Å². The molecule has 0 spiro atoms. The summed E-state index contributed by atoms with van der Waals surface area (Å²) in [6.45, 7) is 12.1. The van der Waals surface area contributed by atoms with E-state index in [4.69, 9.17) is 0 Å². The van der Waals surface area contributed by atoms with Crippen LogP contribution >= 0.6 is 11.3 Å². The molecule has 1 aromatic heterocycles. The van der Waals surface area contributed by atoms with E-state index in [0.717, 1.165) is 47.4 Å². The second-order valence-electron chi connectivity index (χ2n) is 6.96. The predicted octanol–water partition coefficient (Wildman–Crippen LogP) is 3.65. The number of hydrogen-bond donors (Lipinski definition) is 3. The number of carbonyl (C=O) groups is 1. The van der Waals surface area contributed by atoms with E-state index in [0.29, 0.717) is 6.54 Å². The summed E-state index contributed by atoms with van der Waals surface area (Å²) in [7, 11) is 0. The zero-order valence-electron chi connectivity index (χ0n) is 17.4. The van der Waals surface area contributed by atoms with Crippen LogP contribution in [0, 0.1) is 19.8 Å². The van der Waals surface area contributed by atoms with Gasteiger partial charge < -0.3 is 16.0 Å². The molecule has 2 rings (SSSR count). The fraction of sp³-hybridized carbons (Fsp3) is 0.476. The molecule has 0 aliphatic rings. The Kier molecular flexibility index (Phi) is 8.44. The van der Waals surface area contributed by atoms with Crippen LogP contribution in [0.3, 0.4) is 0 Å². The Morgan fingerprint density at radius 2 is 1.89 bits per heavy atom. The minimum atomic E-state index is -0.0322. The highest BCUT2D eigenvalue weighted by Gasteiger charge is 2.07. The van der Waals surface area contributed by atoms with Crippen LogP contribution in [-0.4, -0.2) is 29.9 Å². The monoisotopic (exact) mass is 401 g/mol. The van der Waals surface area contributed by atoms with Crippen molar-refractivity contribution < 1.29 is 4.79 Å². The van der Waals surface area contributed by atoms with E-state index >= 15 is 0 Å². The van der Waals surface area contributed by atoms with Gasteiger partial charge in [-0.25, -0.2) is 9.98 Å². The summed E-state index contributed by atoms with van der Waals surface area (Å²) < 4.78 is 0. The smallest absolute Gasteiger partial charge is 0.226 e. The van der Waals surface area contributed by atoms with Gasteiger partial charge in [-0.15, -0.1) is 11.3 Å². The van der Waals surface area contributed by atoms with Crippen molar-refractivity contribution in [1.82, 2.24) is 15.6 Å². The van der Waals surface area contributed by atoms with Gasteiger partial charge in [0.25, 0.3) is 0 Å². The van der Waals surface area contributed by atoms with Crippen LogP contribution in [0.1, 0.15) is 41.9 Å². The zero-order chi connectivity index (χ0) is 20.5. The lowest BCUT2D eigenvalue weighted by molar-refractivity contribution is -0.118. The molecule has 0 atom stereocenters. The van der Waals surface area contributed by atoms with E-state index in [1.54, 1.807) is 11.3 Å². The Bertz CT molecular complexity index is 776. The number of guanidine groups is 1. The molecule has 0 radical (unpaired) electrons. The van der Waals surface area contributed by atoms with Gasteiger partial charge in [0.05, 0.1) is 17.2 Å². The van der Waals surface area contributed by atoms with Crippen LogP contribution in [-0.2, 0) is 17.8 Å². The highest BCUT2D eigenvalue weighted by molar-refractivity contribution is 7.11. The summed E-state index contributed by atoms with van der Waals surface area (Å²) in [5.74, 6) is 0.787. The van der Waals surface area contributed by atoms with Gasteiger partial charge in [-0.2, -0.15) is 0 Å². The van der Waals surface area contributed by atoms with Gasteiger partial charge in [0, 0.05) is 36.0 Å². The van der Waals surface area contributed by atoms with Gasteiger partial charge in [0.15, 0.2) is 5.96 Å². The molecule has 0 bridgehead atoms. The molecule has 0 unspecified atom stereocenters. The first-order valence-electron chi connectivity index (χ1n) is 9.74. The lowest BCUT2D eigenvalue weighted by Gasteiger charge is -2.11. The Hall–Kier alpha value is -2.41. The quantitative estimate of drug-likeness (QED) is 0.466. The largest absolute Gasteiger partial charge is 0.357 e. The minimum absolute atomic E-state index is 0.0232. The molecule has 152 valence electrons. The number of carbonyl (C=O) groups excluding carboxylic acids is 1. The summed E-state index contributed by atoms with van der Waals surface area (Å²) in [6, 6.07) is 7.81. The summed E-state index contributed by atoms with van der Waals surface area (Å²) in [5.41, 5.74) is 3.02. The van der Waals surface area contributed by atoms with Crippen molar-refractivity contribution in [3.63, 3.8) is 0 Å². The number of nitrogens with one attached hydrogen (secondary N) is 3. The van der Waals surface area contributed by atoms with Gasteiger partial charge in [-0.3, -0.25) is 4.79 Å². The second kappa shape index (κ2) is 10.8. The molecule has 7 heteroatoms. The van der Waals surface area contributed by atoms with E-state index in [2.05, 4.69) is 39.8 Å². The SMILES string of the molecule is CCNC(=NCc1ccc(NC(=O)C(C)C)cc1)NCCc1nc(C)c(C)s1. The van der Waals surface area contributed by atoms with Crippen LogP contribution in [0.25, 0.3) is 0 Å². The maximum Gasteiger partial charge on any atom is 0.226 e. The Labute approximate surface area is 171 Å². The van der Waals surface area contributed by atoms with Gasteiger partial charge in [0.2, 0.25) is 5.91 Å². The highest BCUT2D eigenvalue weighted by Crippen LogP contribution is 2.16. The van der Waals surface area contributed by atoms with Crippen molar-refractivity contribution >= 4 is 28.9 Å². The van der Waals surface area contributed by atoms with Crippen LogP contribution in [0.4, 0.5) is 5.69 Å². The lowest BCUT2D eigenvalue weighted by atomic mass is 10.2. The topological polar surface area (TPSA) is 78.4 Å². The maximum atomic E-state index is 11.8. The van der Waals surface area contributed by atoms with Crippen molar-refractivity contribution in [2.75, 3.05) is 18.4 Å². The molecule has 0 aliphatic carbocycles. The second-order valence-corrected chi connectivity index (χ2v) is 8.25. The average Bonchev–Trinajstić information content (AvgIpc) is 2.98. The van der Waals surface area contributed by atoms with E-state index in [1.165, 1.54) is 4.88 Å². The molecule has 0 saturated heterocycles. The number of aryl methyl sites for hydroxylation is 2. The normalized spacial score (nSPS) is 11.6. The van der Waals surface area contributed by atoms with Gasteiger partial charge >= 0.3 is 0 Å². The van der Waals surface area contributed by atoms with Crippen molar-refractivity contribution in [3.8, 4) is 0 Å². The maximum absolute atomic E-state index is 11.8. The molecule has 6 nitrogen and oxygen atoms in total. The third kappa shape index (κ3) is 6.96. The van der Waals surface area contributed by atoms with Gasteiger partial charge in [0.1, 0.15) is 0 Å². The number of rotatable bonds is 8. The number of thiazole rings is 1. The average molecular weight is 402 g/mol.